The zero-order valence-corrected chi connectivity index (χ0v) is 12.7. The van der Waals surface area contributed by atoms with Crippen LogP contribution in [-0.2, 0) is 6.54 Å². The van der Waals surface area contributed by atoms with Crippen LogP contribution in [0.2, 0.25) is 0 Å². The van der Waals surface area contributed by atoms with E-state index in [0.717, 1.165) is 19.6 Å². The fourth-order valence-corrected chi connectivity index (χ4v) is 2.86. The molecule has 2 N–H and O–H groups in total. The van der Waals surface area contributed by atoms with Crippen LogP contribution in [0.4, 0.5) is 0 Å². The number of benzene rings is 1. The van der Waals surface area contributed by atoms with Crippen LogP contribution in [0, 0.1) is 12.8 Å². The molecule has 0 saturated carbocycles. The van der Waals surface area contributed by atoms with Gasteiger partial charge in [-0.15, -0.1) is 12.4 Å². The summed E-state index contributed by atoms with van der Waals surface area (Å²) >= 11 is 3.63. The van der Waals surface area contributed by atoms with Crippen molar-refractivity contribution in [2.24, 2.45) is 11.7 Å². The van der Waals surface area contributed by atoms with Crippen molar-refractivity contribution in [1.29, 1.82) is 0 Å². The first kappa shape index (κ1) is 15.0. The third kappa shape index (κ3) is 3.68. The molecule has 2 atom stereocenters. The Morgan fingerprint density at radius 3 is 2.65 bits per heavy atom. The zero-order chi connectivity index (χ0) is 11.7. The van der Waals surface area contributed by atoms with Gasteiger partial charge in [0.2, 0.25) is 0 Å². The molecule has 2 unspecified atom stereocenters. The maximum absolute atomic E-state index is 6.03. The van der Waals surface area contributed by atoms with E-state index < -0.39 is 0 Å². The van der Waals surface area contributed by atoms with Gasteiger partial charge in [0.05, 0.1) is 0 Å². The molecular formula is C13H20BrClN2. The fourth-order valence-electron chi connectivity index (χ4n) is 2.25. The van der Waals surface area contributed by atoms with Gasteiger partial charge in [-0.3, -0.25) is 4.90 Å². The number of rotatable bonds is 2. The molecule has 0 aromatic heterocycles. The zero-order valence-electron chi connectivity index (χ0n) is 10.3. The summed E-state index contributed by atoms with van der Waals surface area (Å²) in [6, 6.07) is 6.88. The molecule has 1 aliphatic heterocycles. The standard InChI is InChI=1S/C13H19BrN2.ClH/c1-9-3-4-11(12(14)5-9)7-16-6-10(2)13(15)8-16;/h3-5,10,13H,6-8,15H2,1-2H3;1H. The summed E-state index contributed by atoms with van der Waals surface area (Å²) in [7, 11) is 0. The topological polar surface area (TPSA) is 29.3 Å². The molecule has 2 rings (SSSR count). The summed E-state index contributed by atoms with van der Waals surface area (Å²) in [6.45, 7) is 7.47. The van der Waals surface area contributed by atoms with Gasteiger partial charge < -0.3 is 5.73 Å². The lowest BCUT2D eigenvalue weighted by atomic mass is 10.1. The molecule has 1 saturated heterocycles. The lowest BCUT2D eigenvalue weighted by Crippen LogP contribution is -2.28. The molecule has 0 bridgehead atoms. The van der Waals surface area contributed by atoms with Gasteiger partial charge in [0, 0.05) is 30.1 Å². The van der Waals surface area contributed by atoms with Gasteiger partial charge in [0.25, 0.3) is 0 Å². The van der Waals surface area contributed by atoms with Gasteiger partial charge in [-0.05, 0) is 30.0 Å². The largest absolute Gasteiger partial charge is 0.326 e. The second-order valence-corrected chi connectivity index (χ2v) is 5.78. The maximum atomic E-state index is 6.03. The molecule has 4 heteroatoms. The molecule has 1 aromatic rings. The van der Waals surface area contributed by atoms with E-state index in [-0.39, 0.29) is 12.4 Å². The van der Waals surface area contributed by atoms with E-state index in [2.05, 4.69) is 52.9 Å². The summed E-state index contributed by atoms with van der Waals surface area (Å²) in [5.41, 5.74) is 8.68. The van der Waals surface area contributed by atoms with Crippen molar-refractivity contribution < 1.29 is 0 Å². The van der Waals surface area contributed by atoms with E-state index in [1.54, 1.807) is 0 Å². The maximum Gasteiger partial charge on any atom is 0.0245 e. The lowest BCUT2D eigenvalue weighted by Gasteiger charge is -2.16. The quantitative estimate of drug-likeness (QED) is 0.908. The van der Waals surface area contributed by atoms with Crippen LogP contribution >= 0.6 is 28.3 Å². The van der Waals surface area contributed by atoms with E-state index in [1.165, 1.54) is 15.6 Å². The van der Waals surface area contributed by atoms with Crippen LogP contribution in [-0.4, -0.2) is 24.0 Å². The Balaban J connectivity index is 0.00000144. The first-order valence-corrected chi connectivity index (χ1v) is 6.58. The number of aryl methyl sites for hydroxylation is 1. The van der Waals surface area contributed by atoms with Crippen molar-refractivity contribution in [2.45, 2.75) is 26.4 Å². The number of nitrogens with zero attached hydrogens (tertiary/aromatic N) is 1. The van der Waals surface area contributed by atoms with Crippen molar-refractivity contribution in [3.63, 3.8) is 0 Å². The van der Waals surface area contributed by atoms with E-state index in [9.17, 15) is 0 Å². The molecule has 2 nitrogen and oxygen atoms in total. The molecule has 1 fully saturated rings. The first-order chi connectivity index (χ1) is 7.56. The second-order valence-electron chi connectivity index (χ2n) is 4.93. The molecule has 96 valence electrons. The number of nitrogens with two attached hydrogens (primary N) is 1. The predicted molar refractivity (Wildman–Crippen MR) is 78.5 cm³/mol. The van der Waals surface area contributed by atoms with Crippen LogP contribution in [0.5, 0.6) is 0 Å². The Morgan fingerprint density at radius 2 is 2.12 bits per heavy atom. The highest BCUT2D eigenvalue weighted by molar-refractivity contribution is 9.10. The molecule has 0 amide bonds. The monoisotopic (exact) mass is 318 g/mol. The van der Waals surface area contributed by atoms with E-state index >= 15 is 0 Å². The minimum absolute atomic E-state index is 0. The number of likely N-dealkylation sites (tertiary alicyclic amines) is 1. The van der Waals surface area contributed by atoms with Crippen molar-refractivity contribution in [3.8, 4) is 0 Å². The number of hydrogen-bond acceptors (Lipinski definition) is 2. The van der Waals surface area contributed by atoms with E-state index in [1.807, 2.05) is 0 Å². The molecule has 1 aromatic carbocycles. The van der Waals surface area contributed by atoms with Crippen molar-refractivity contribution in [3.05, 3.63) is 33.8 Å². The molecule has 0 aliphatic carbocycles. The normalized spacial score (nSPS) is 24.7. The number of hydrogen-bond donors (Lipinski definition) is 1. The highest BCUT2D eigenvalue weighted by Crippen LogP contribution is 2.23. The Bertz CT molecular complexity index is 374. The summed E-state index contributed by atoms with van der Waals surface area (Å²) in [5, 5.41) is 0. The lowest BCUT2D eigenvalue weighted by molar-refractivity contribution is 0.318. The third-order valence-electron chi connectivity index (χ3n) is 3.35. The minimum atomic E-state index is 0. The molecule has 17 heavy (non-hydrogen) atoms. The average Bonchev–Trinajstić information content (AvgIpc) is 2.51. The van der Waals surface area contributed by atoms with Gasteiger partial charge in [0.15, 0.2) is 0 Å². The summed E-state index contributed by atoms with van der Waals surface area (Å²) in [6.07, 6.45) is 0. The van der Waals surface area contributed by atoms with Crippen molar-refractivity contribution in [1.82, 2.24) is 4.90 Å². The molecular weight excluding hydrogens is 300 g/mol. The summed E-state index contributed by atoms with van der Waals surface area (Å²) in [4.78, 5) is 2.44. The summed E-state index contributed by atoms with van der Waals surface area (Å²) < 4.78 is 1.21. The number of halogens is 2. The molecule has 0 radical (unpaired) electrons. The van der Waals surface area contributed by atoms with Gasteiger partial charge in [-0.1, -0.05) is 35.0 Å². The minimum Gasteiger partial charge on any atom is -0.326 e. The SMILES string of the molecule is Cc1ccc(CN2CC(C)C(N)C2)c(Br)c1.Cl. The first-order valence-electron chi connectivity index (χ1n) is 5.79. The highest BCUT2D eigenvalue weighted by Gasteiger charge is 2.26. The summed E-state index contributed by atoms with van der Waals surface area (Å²) in [5.74, 6) is 0.615. The second kappa shape index (κ2) is 6.19. The van der Waals surface area contributed by atoms with Gasteiger partial charge >= 0.3 is 0 Å². The molecule has 1 aliphatic rings. The fraction of sp³-hybridized carbons (Fsp3) is 0.538. The van der Waals surface area contributed by atoms with Crippen LogP contribution in [0.25, 0.3) is 0 Å². The van der Waals surface area contributed by atoms with Crippen LogP contribution in [0.15, 0.2) is 22.7 Å². The van der Waals surface area contributed by atoms with Gasteiger partial charge in [-0.25, -0.2) is 0 Å². The van der Waals surface area contributed by atoms with Gasteiger partial charge in [0.1, 0.15) is 0 Å². The molecule has 0 spiro atoms. The Hall–Kier alpha value is -0.0900. The smallest absolute Gasteiger partial charge is 0.0245 e. The predicted octanol–water partition coefficient (Wildman–Crippen LogP) is 2.96. The van der Waals surface area contributed by atoms with E-state index in [0.29, 0.717) is 12.0 Å². The van der Waals surface area contributed by atoms with Crippen LogP contribution < -0.4 is 5.73 Å². The molecule has 1 heterocycles. The van der Waals surface area contributed by atoms with E-state index in [4.69, 9.17) is 5.73 Å². The Morgan fingerprint density at radius 1 is 1.41 bits per heavy atom. The third-order valence-corrected chi connectivity index (χ3v) is 4.09. The average molecular weight is 320 g/mol. The van der Waals surface area contributed by atoms with Gasteiger partial charge in [-0.2, -0.15) is 0 Å². The Labute approximate surface area is 118 Å². The van der Waals surface area contributed by atoms with Crippen LogP contribution in [0.3, 0.4) is 0 Å². The van der Waals surface area contributed by atoms with Crippen molar-refractivity contribution >= 4 is 28.3 Å². The highest BCUT2D eigenvalue weighted by atomic mass is 79.9. The van der Waals surface area contributed by atoms with Crippen LogP contribution in [0.1, 0.15) is 18.1 Å². The van der Waals surface area contributed by atoms with Crippen molar-refractivity contribution in [2.75, 3.05) is 13.1 Å². The Kier molecular flexibility index (Phi) is 5.45.